The van der Waals surface area contributed by atoms with Crippen LogP contribution in [0.15, 0.2) is 53.0 Å². The molecule has 0 spiro atoms. The van der Waals surface area contributed by atoms with Gasteiger partial charge in [0.15, 0.2) is 5.84 Å². The maximum Gasteiger partial charge on any atom is 0.260 e. The first-order valence-electron chi connectivity index (χ1n) is 8.80. The van der Waals surface area contributed by atoms with Gasteiger partial charge in [0.2, 0.25) is 0 Å². The van der Waals surface area contributed by atoms with Gasteiger partial charge in [-0.15, -0.1) is 0 Å². The lowest BCUT2D eigenvalue weighted by Crippen LogP contribution is -2.30. The third kappa shape index (κ3) is 4.83. The van der Waals surface area contributed by atoms with Gasteiger partial charge in [0.25, 0.3) is 5.91 Å². The van der Waals surface area contributed by atoms with E-state index in [4.69, 9.17) is 15.6 Å². The molecule has 3 rings (SSSR count). The van der Waals surface area contributed by atoms with Crippen LogP contribution in [0.25, 0.3) is 0 Å². The number of hydrogen-bond donors (Lipinski definition) is 3. The topological polar surface area (TPSA) is 102 Å². The van der Waals surface area contributed by atoms with Crippen LogP contribution in [0, 0.1) is 10.8 Å². The van der Waals surface area contributed by atoms with Crippen LogP contribution >= 0.6 is 15.9 Å². The number of fused-ring (bicyclic) bond motifs is 3. The Morgan fingerprint density at radius 2 is 2.11 bits per heavy atom. The Hall–Kier alpha value is -3.00. The summed E-state index contributed by atoms with van der Waals surface area (Å²) in [6, 6.07) is 10.3. The first-order chi connectivity index (χ1) is 13.6. The lowest BCUT2D eigenvalue weighted by Gasteiger charge is -2.18. The zero-order chi connectivity index (χ0) is 19.9. The summed E-state index contributed by atoms with van der Waals surface area (Å²) >= 11 is 3.39. The van der Waals surface area contributed by atoms with Gasteiger partial charge in [-0.25, -0.2) is 4.98 Å². The van der Waals surface area contributed by atoms with E-state index in [1.54, 1.807) is 30.3 Å². The van der Waals surface area contributed by atoms with Crippen molar-refractivity contribution in [1.82, 2.24) is 9.88 Å². The fraction of sp³-hybridized carbons (Fsp3) is 0.200. The summed E-state index contributed by atoms with van der Waals surface area (Å²) in [4.78, 5) is 18.6. The van der Waals surface area contributed by atoms with Crippen LogP contribution in [-0.2, 0) is 0 Å². The van der Waals surface area contributed by atoms with Gasteiger partial charge in [-0.05, 0) is 43.2 Å². The molecule has 2 heterocycles. The Balaban J connectivity index is 1.96. The van der Waals surface area contributed by atoms with Crippen molar-refractivity contribution < 1.29 is 9.53 Å². The molecule has 3 N–H and O–H groups in total. The van der Waals surface area contributed by atoms with E-state index >= 15 is 0 Å². The fourth-order valence-electron chi connectivity index (χ4n) is 2.67. The van der Waals surface area contributed by atoms with Gasteiger partial charge in [-0.1, -0.05) is 34.1 Å². The van der Waals surface area contributed by atoms with Gasteiger partial charge < -0.3 is 15.0 Å². The number of ether oxygens (including phenoxy) is 1. The molecule has 1 aliphatic heterocycles. The quantitative estimate of drug-likeness (QED) is 0.352. The van der Waals surface area contributed by atoms with Crippen molar-refractivity contribution in [2.45, 2.75) is 12.8 Å². The standard InChI is InChI=1S/C20H20BrN5O2/c21-14-8-9-17-15(12-14)20(27)25-18-7-5-6-16(24-18)19(23)26(13-22)10-3-1-2-4-11-28-17/h1,3,5-9,12-13,22-23H,2,4,10-11H2,(H,24,25,27)/b3-1-,22-13?,23-19?. The Labute approximate surface area is 171 Å². The zero-order valence-corrected chi connectivity index (χ0v) is 16.7. The van der Waals surface area contributed by atoms with Crippen LogP contribution < -0.4 is 10.1 Å². The Morgan fingerprint density at radius 1 is 1.25 bits per heavy atom. The number of rotatable bonds is 1. The molecule has 0 atom stereocenters. The summed E-state index contributed by atoms with van der Waals surface area (Å²) in [7, 11) is 0. The third-order valence-corrected chi connectivity index (χ3v) is 4.60. The number of amidine groups is 1. The molecule has 28 heavy (non-hydrogen) atoms. The van der Waals surface area contributed by atoms with Gasteiger partial charge in [0.05, 0.1) is 18.5 Å². The number of hydrogen-bond acceptors (Lipinski definition) is 5. The van der Waals surface area contributed by atoms with Crippen LogP contribution in [-0.4, -0.2) is 41.1 Å². The third-order valence-electron chi connectivity index (χ3n) is 4.10. The summed E-state index contributed by atoms with van der Waals surface area (Å²) in [5, 5.41) is 18.7. The van der Waals surface area contributed by atoms with E-state index in [-0.39, 0.29) is 11.7 Å². The van der Waals surface area contributed by atoms with E-state index in [1.165, 1.54) is 4.90 Å². The number of benzene rings is 1. The number of allylic oxidation sites excluding steroid dienone is 1. The molecule has 1 aromatic carbocycles. The number of pyridine rings is 1. The van der Waals surface area contributed by atoms with Crippen molar-refractivity contribution >= 4 is 39.8 Å². The van der Waals surface area contributed by atoms with Crippen LogP contribution in [0.3, 0.4) is 0 Å². The highest BCUT2D eigenvalue weighted by Gasteiger charge is 2.16. The first-order valence-corrected chi connectivity index (χ1v) is 9.59. The molecule has 1 aliphatic rings. The molecule has 7 nitrogen and oxygen atoms in total. The van der Waals surface area contributed by atoms with Crippen molar-refractivity contribution in [1.29, 1.82) is 10.8 Å². The predicted molar refractivity (Wildman–Crippen MR) is 113 cm³/mol. The molecule has 0 radical (unpaired) electrons. The Bertz CT molecular complexity index is 929. The van der Waals surface area contributed by atoms with Crippen LogP contribution in [0.5, 0.6) is 5.75 Å². The number of carbonyl (C=O) groups excluding carboxylic acids is 1. The molecule has 1 aromatic heterocycles. The van der Waals surface area contributed by atoms with Crippen LogP contribution in [0.2, 0.25) is 0 Å². The second-order valence-electron chi connectivity index (χ2n) is 6.09. The summed E-state index contributed by atoms with van der Waals surface area (Å²) in [6.45, 7) is 0.877. The molecular formula is C20H20BrN5O2. The van der Waals surface area contributed by atoms with E-state index in [2.05, 4.69) is 26.2 Å². The lowest BCUT2D eigenvalue weighted by molar-refractivity contribution is 0.102. The highest BCUT2D eigenvalue weighted by Crippen LogP contribution is 2.24. The number of anilines is 1. The number of nitrogens with one attached hydrogen (secondary N) is 3. The first kappa shape index (κ1) is 19.8. The summed E-state index contributed by atoms with van der Waals surface area (Å²) in [5.41, 5.74) is 0.771. The predicted octanol–water partition coefficient (Wildman–Crippen LogP) is 4.06. The molecule has 0 unspecified atom stereocenters. The molecule has 2 aromatic rings. The van der Waals surface area contributed by atoms with E-state index in [9.17, 15) is 4.79 Å². The molecule has 8 heteroatoms. The number of nitrogens with zero attached hydrogens (tertiary/aromatic N) is 2. The highest BCUT2D eigenvalue weighted by molar-refractivity contribution is 9.10. The van der Waals surface area contributed by atoms with Gasteiger partial charge in [0.1, 0.15) is 17.3 Å². The van der Waals surface area contributed by atoms with Crippen LogP contribution in [0.1, 0.15) is 28.9 Å². The fourth-order valence-corrected chi connectivity index (χ4v) is 3.03. The molecule has 1 amide bonds. The molecule has 2 bridgehead atoms. The summed E-state index contributed by atoms with van der Waals surface area (Å²) < 4.78 is 6.58. The molecule has 0 saturated heterocycles. The van der Waals surface area contributed by atoms with Crippen molar-refractivity contribution in [2.75, 3.05) is 18.5 Å². The average molecular weight is 442 g/mol. The smallest absolute Gasteiger partial charge is 0.260 e. The maximum absolute atomic E-state index is 12.8. The average Bonchev–Trinajstić information content (AvgIpc) is 2.70. The number of aromatic nitrogens is 1. The molecule has 0 fully saturated rings. The summed E-state index contributed by atoms with van der Waals surface area (Å²) in [5.74, 6) is 0.582. The van der Waals surface area contributed by atoms with Gasteiger partial charge >= 0.3 is 0 Å². The van der Waals surface area contributed by atoms with Crippen molar-refractivity contribution in [3.05, 3.63) is 64.3 Å². The van der Waals surface area contributed by atoms with Crippen molar-refractivity contribution in [3.8, 4) is 5.75 Å². The van der Waals surface area contributed by atoms with Crippen LogP contribution in [0.4, 0.5) is 5.82 Å². The van der Waals surface area contributed by atoms with Gasteiger partial charge in [-0.3, -0.25) is 15.6 Å². The van der Waals surface area contributed by atoms with E-state index in [0.29, 0.717) is 36.0 Å². The lowest BCUT2D eigenvalue weighted by atomic mass is 10.2. The van der Waals surface area contributed by atoms with Crippen molar-refractivity contribution in [3.63, 3.8) is 0 Å². The van der Waals surface area contributed by atoms with E-state index in [1.807, 2.05) is 18.2 Å². The normalized spacial score (nSPS) is 16.5. The highest BCUT2D eigenvalue weighted by atomic mass is 79.9. The van der Waals surface area contributed by atoms with Gasteiger partial charge in [0, 0.05) is 11.0 Å². The Kier molecular flexibility index (Phi) is 6.54. The minimum Gasteiger partial charge on any atom is -0.493 e. The maximum atomic E-state index is 12.8. The number of halogens is 1. The Morgan fingerprint density at radius 3 is 2.93 bits per heavy atom. The molecular weight excluding hydrogens is 422 g/mol. The largest absolute Gasteiger partial charge is 0.493 e. The minimum atomic E-state index is -0.344. The SMILES string of the molecule is N=CN1C/C=C\CCCOc2ccc(Br)cc2C(=O)Nc2cccc(n2)C1=N. The second kappa shape index (κ2) is 9.27. The zero-order valence-electron chi connectivity index (χ0n) is 15.1. The summed E-state index contributed by atoms with van der Waals surface area (Å²) in [6.07, 6.45) is 6.60. The number of amides is 1. The molecule has 0 aliphatic carbocycles. The molecule has 144 valence electrons. The van der Waals surface area contributed by atoms with Crippen molar-refractivity contribution in [2.24, 2.45) is 0 Å². The van der Waals surface area contributed by atoms with E-state index in [0.717, 1.165) is 23.7 Å². The second-order valence-corrected chi connectivity index (χ2v) is 7.01. The number of carbonyl (C=O) groups is 1. The minimum absolute atomic E-state index is 0.0920. The van der Waals surface area contributed by atoms with E-state index < -0.39 is 0 Å². The van der Waals surface area contributed by atoms with Gasteiger partial charge in [-0.2, -0.15) is 0 Å². The molecule has 0 saturated carbocycles. The monoisotopic (exact) mass is 441 g/mol.